The van der Waals surface area contributed by atoms with Gasteiger partial charge in [0, 0.05) is 43.6 Å². The molecular formula is C33H47N3O5. The minimum absolute atomic E-state index is 0.00103. The summed E-state index contributed by atoms with van der Waals surface area (Å²) in [6.45, 7) is 13.7. The molecule has 224 valence electrons. The average molecular weight is 566 g/mol. The molecule has 4 atom stereocenters. The van der Waals surface area contributed by atoms with Crippen molar-refractivity contribution >= 4 is 17.0 Å². The van der Waals surface area contributed by atoms with E-state index in [1.165, 1.54) is 5.56 Å². The van der Waals surface area contributed by atoms with Crippen molar-refractivity contribution in [1.82, 2.24) is 14.1 Å². The first-order valence-corrected chi connectivity index (χ1v) is 15.1. The highest BCUT2D eigenvalue weighted by Crippen LogP contribution is 2.34. The summed E-state index contributed by atoms with van der Waals surface area (Å²) in [6.07, 6.45) is 4.37. The van der Waals surface area contributed by atoms with Gasteiger partial charge in [0.05, 0.1) is 29.7 Å². The molecule has 0 saturated carbocycles. The minimum Gasteiger partial charge on any atom is -0.465 e. The van der Waals surface area contributed by atoms with Crippen LogP contribution in [0.25, 0.3) is 22.4 Å². The average Bonchev–Trinajstić information content (AvgIpc) is 3.32. The lowest BCUT2D eigenvalue weighted by Crippen LogP contribution is -2.31. The number of esters is 1. The quantitative estimate of drug-likeness (QED) is 0.310. The Kier molecular flexibility index (Phi) is 10.1. The summed E-state index contributed by atoms with van der Waals surface area (Å²) in [5.41, 5.74) is 4.85. The number of rotatable bonds is 11. The molecule has 0 aliphatic carbocycles. The van der Waals surface area contributed by atoms with Crippen LogP contribution < -0.4 is 5.56 Å². The Bertz CT molecular complexity index is 1370. The Balaban J connectivity index is 1.59. The van der Waals surface area contributed by atoms with Crippen LogP contribution in [-0.4, -0.2) is 51.1 Å². The van der Waals surface area contributed by atoms with E-state index in [9.17, 15) is 14.7 Å². The maximum absolute atomic E-state index is 12.7. The van der Waals surface area contributed by atoms with Crippen LogP contribution in [0.4, 0.5) is 0 Å². The summed E-state index contributed by atoms with van der Waals surface area (Å²) < 4.78 is 15.1. The molecule has 3 heterocycles. The van der Waals surface area contributed by atoms with Crippen molar-refractivity contribution in [3.05, 3.63) is 51.9 Å². The van der Waals surface area contributed by atoms with Crippen molar-refractivity contribution in [1.29, 1.82) is 0 Å². The highest BCUT2D eigenvalue weighted by Gasteiger charge is 2.30. The van der Waals surface area contributed by atoms with Gasteiger partial charge in [-0.3, -0.25) is 9.59 Å². The number of nitrogens with zero attached hydrogens (tertiary/aromatic N) is 3. The van der Waals surface area contributed by atoms with Crippen molar-refractivity contribution in [3.63, 3.8) is 0 Å². The summed E-state index contributed by atoms with van der Waals surface area (Å²) in [6, 6.07) is 8.75. The number of hydrogen-bond acceptors (Lipinski definition) is 6. The molecule has 1 fully saturated rings. The van der Waals surface area contributed by atoms with Gasteiger partial charge < -0.3 is 23.7 Å². The number of aliphatic hydroxyl groups is 1. The lowest BCUT2D eigenvalue weighted by molar-refractivity contribution is -0.154. The number of fused-ring (bicyclic) bond motifs is 1. The number of carbonyl (C=O) groups excluding carboxylic acids is 1. The van der Waals surface area contributed by atoms with Gasteiger partial charge in [-0.15, -0.1) is 0 Å². The summed E-state index contributed by atoms with van der Waals surface area (Å²) in [4.78, 5) is 30.2. The lowest BCUT2D eigenvalue weighted by atomic mass is 9.82. The largest absolute Gasteiger partial charge is 0.465 e. The molecule has 4 rings (SSSR count). The molecule has 8 heteroatoms. The molecular weight excluding hydrogens is 518 g/mol. The van der Waals surface area contributed by atoms with Gasteiger partial charge in [-0.1, -0.05) is 33.8 Å². The lowest BCUT2D eigenvalue weighted by Gasteiger charge is -2.26. The molecule has 3 aromatic rings. The Morgan fingerprint density at radius 2 is 1.83 bits per heavy atom. The highest BCUT2D eigenvalue weighted by molar-refractivity contribution is 5.81. The van der Waals surface area contributed by atoms with Gasteiger partial charge in [-0.2, -0.15) is 0 Å². The van der Waals surface area contributed by atoms with Crippen molar-refractivity contribution in [3.8, 4) is 11.4 Å². The Labute approximate surface area is 243 Å². The van der Waals surface area contributed by atoms with Crippen LogP contribution in [-0.2, 0) is 27.7 Å². The van der Waals surface area contributed by atoms with Gasteiger partial charge in [-0.05, 0) is 81.0 Å². The van der Waals surface area contributed by atoms with Crippen molar-refractivity contribution in [2.45, 2.75) is 79.4 Å². The molecule has 2 aromatic heterocycles. The fraction of sp³-hybridized carbons (Fsp3) is 0.606. The monoisotopic (exact) mass is 565 g/mol. The normalized spacial score (nSPS) is 17.5. The van der Waals surface area contributed by atoms with E-state index in [4.69, 9.17) is 14.5 Å². The van der Waals surface area contributed by atoms with Crippen molar-refractivity contribution in [2.75, 3.05) is 19.8 Å². The smallest absolute Gasteiger partial charge is 0.311 e. The molecule has 1 aromatic carbocycles. The van der Waals surface area contributed by atoms with Crippen LogP contribution in [0.3, 0.4) is 0 Å². The SMILES string of the molecule is Cc1cc(-c2nc3cc(CC(C)[C@H](C)C[C@H](C(=O)OCC(C)C)[C@@H](C)O)ccc3n2C2CCOCC2)cn(C)c1=O. The Morgan fingerprint density at radius 1 is 1.12 bits per heavy atom. The topological polar surface area (TPSA) is 95.6 Å². The molecule has 8 nitrogen and oxygen atoms in total. The fourth-order valence-electron chi connectivity index (χ4n) is 5.84. The Hall–Kier alpha value is -2.97. The first kappa shape index (κ1) is 31.0. The van der Waals surface area contributed by atoms with Gasteiger partial charge >= 0.3 is 5.97 Å². The number of aromatic nitrogens is 3. The van der Waals surface area contributed by atoms with Gasteiger partial charge in [-0.25, -0.2) is 4.98 Å². The van der Waals surface area contributed by atoms with E-state index in [0.29, 0.717) is 18.6 Å². The molecule has 0 radical (unpaired) electrons. The minimum atomic E-state index is -0.755. The highest BCUT2D eigenvalue weighted by atomic mass is 16.5. The summed E-state index contributed by atoms with van der Waals surface area (Å²) in [5.74, 6) is 0.790. The van der Waals surface area contributed by atoms with E-state index in [0.717, 1.165) is 54.9 Å². The second-order valence-electron chi connectivity index (χ2n) is 12.6. The summed E-state index contributed by atoms with van der Waals surface area (Å²) in [7, 11) is 1.78. The number of hydrogen-bond donors (Lipinski definition) is 1. The molecule has 1 aliphatic heterocycles. The zero-order valence-corrected chi connectivity index (χ0v) is 25.7. The van der Waals surface area contributed by atoms with E-state index in [2.05, 4.69) is 36.6 Å². The maximum atomic E-state index is 12.7. The van der Waals surface area contributed by atoms with Crippen molar-refractivity contribution in [2.24, 2.45) is 30.7 Å². The van der Waals surface area contributed by atoms with E-state index < -0.39 is 12.0 Å². The molecule has 0 spiro atoms. The number of aliphatic hydroxyl groups excluding tert-OH is 1. The second kappa shape index (κ2) is 13.3. The van der Waals surface area contributed by atoms with Crippen LogP contribution in [0.5, 0.6) is 0 Å². The predicted octanol–water partition coefficient (Wildman–Crippen LogP) is 5.46. The number of ether oxygens (including phenoxy) is 2. The van der Waals surface area contributed by atoms with E-state index in [1.807, 2.05) is 33.0 Å². The summed E-state index contributed by atoms with van der Waals surface area (Å²) >= 11 is 0. The molecule has 1 unspecified atom stereocenters. The zero-order chi connectivity index (χ0) is 29.8. The summed E-state index contributed by atoms with van der Waals surface area (Å²) in [5, 5.41) is 10.3. The van der Waals surface area contributed by atoms with Crippen LogP contribution in [0.2, 0.25) is 0 Å². The number of benzene rings is 1. The van der Waals surface area contributed by atoms with E-state index >= 15 is 0 Å². The molecule has 41 heavy (non-hydrogen) atoms. The number of imidazole rings is 1. The van der Waals surface area contributed by atoms with Gasteiger partial charge in [0.15, 0.2) is 0 Å². The van der Waals surface area contributed by atoms with Gasteiger partial charge in [0.2, 0.25) is 0 Å². The maximum Gasteiger partial charge on any atom is 0.311 e. The van der Waals surface area contributed by atoms with Gasteiger partial charge in [0.25, 0.3) is 5.56 Å². The molecule has 0 amide bonds. The number of aryl methyl sites for hydroxylation is 2. The standard InChI is InChI=1S/C33H47N3O5/c1-20(2)19-41-33(39)28(24(6)37)16-22(4)21(3)14-25-8-9-30-29(17-25)34-31(36(30)27-10-12-40-13-11-27)26-15-23(5)32(38)35(7)18-26/h8-9,15,17-18,20-22,24,27-28,37H,10-14,16,19H2,1-7H3/t21?,22-,24-,28+/m1/s1. The molecule has 1 aliphatic rings. The van der Waals surface area contributed by atoms with Crippen LogP contribution in [0.1, 0.15) is 71.0 Å². The van der Waals surface area contributed by atoms with Crippen LogP contribution in [0, 0.1) is 30.6 Å². The fourth-order valence-corrected chi connectivity index (χ4v) is 5.84. The molecule has 1 saturated heterocycles. The zero-order valence-electron chi connectivity index (χ0n) is 25.7. The number of pyridine rings is 1. The molecule has 1 N–H and O–H groups in total. The van der Waals surface area contributed by atoms with E-state index in [1.54, 1.807) is 18.5 Å². The first-order chi connectivity index (χ1) is 19.5. The van der Waals surface area contributed by atoms with Gasteiger partial charge in [0.1, 0.15) is 5.82 Å². The third-order valence-corrected chi connectivity index (χ3v) is 8.53. The third kappa shape index (κ3) is 7.28. The van der Waals surface area contributed by atoms with E-state index in [-0.39, 0.29) is 35.3 Å². The van der Waals surface area contributed by atoms with Crippen LogP contribution >= 0.6 is 0 Å². The first-order valence-electron chi connectivity index (χ1n) is 15.1. The molecule has 0 bridgehead atoms. The number of carbonyl (C=O) groups is 1. The predicted molar refractivity (Wildman–Crippen MR) is 162 cm³/mol. The second-order valence-corrected chi connectivity index (χ2v) is 12.6. The third-order valence-electron chi connectivity index (χ3n) is 8.53. The Morgan fingerprint density at radius 3 is 2.46 bits per heavy atom. The van der Waals surface area contributed by atoms with Crippen molar-refractivity contribution < 1.29 is 19.4 Å². The van der Waals surface area contributed by atoms with Crippen LogP contribution in [0.15, 0.2) is 35.3 Å².